The summed E-state index contributed by atoms with van der Waals surface area (Å²) >= 11 is 0. The number of nitrogens with zero attached hydrogens (tertiary/aromatic N) is 1. The summed E-state index contributed by atoms with van der Waals surface area (Å²) in [5.74, 6) is -1.08. The highest BCUT2D eigenvalue weighted by Crippen LogP contribution is 2.32. The van der Waals surface area contributed by atoms with Gasteiger partial charge in [0.05, 0.1) is 5.56 Å². The van der Waals surface area contributed by atoms with E-state index >= 15 is 0 Å². The van der Waals surface area contributed by atoms with Crippen molar-refractivity contribution < 1.29 is 22.8 Å². The highest BCUT2D eigenvalue weighted by molar-refractivity contribution is 5.97. The summed E-state index contributed by atoms with van der Waals surface area (Å²) in [7, 11) is 1.41. The standard InChI is InChI=1S/C17H15F3N2O2/c1-22(10-13-4-2-3-5-14(13)17(18,19)20)16(24)12-8-6-11(7-9-12)15(21)23/h2-9H,10H2,1H3,(H2,21,23). The molecule has 0 aromatic heterocycles. The summed E-state index contributed by atoms with van der Waals surface area (Å²) in [5.41, 5.74) is 4.86. The van der Waals surface area contributed by atoms with Gasteiger partial charge in [-0.3, -0.25) is 9.59 Å². The molecule has 0 heterocycles. The SMILES string of the molecule is CN(Cc1ccccc1C(F)(F)F)C(=O)c1ccc(C(N)=O)cc1. The molecule has 0 saturated heterocycles. The Hall–Kier alpha value is -2.83. The molecule has 2 aromatic rings. The lowest BCUT2D eigenvalue weighted by Crippen LogP contribution is -2.27. The van der Waals surface area contributed by atoms with Gasteiger partial charge in [0.2, 0.25) is 5.91 Å². The van der Waals surface area contributed by atoms with E-state index in [1.165, 1.54) is 54.4 Å². The van der Waals surface area contributed by atoms with Crippen LogP contribution in [0.2, 0.25) is 0 Å². The van der Waals surface area contributed by atoms with Crippen LogP contribution in [0.25, 0.3) is 0 Å². The Balaban J connectivity index is 2.19. The Morgan fingerprint density at radius 3 is 2.08 bits per heavy atom. The molecule has 0 bridgehead atoms. The third-order valence-electron chi connectivity index (χ3n) is 3.49. The first-order valence-electron chi connectivity index (χ1n) is 7.00. The highest BCUT2D eigenvalue weighted by Gasteiger charge is 2.33. The Morgan fingerprint density at radius 1 is 1.00 bits per heavy atom. The Labute approximate surface area is 136 Å². The maximum Gasteiger partial charge on any atom is 0.416 e. The van der Waals surface area contributed by atoms with E-state index in [1.54, 1.807) is 0 Å². The fourth-order valence-electron chi connectivity index (χ4n) is 2.26. The first-order valence-corrected chi connectivity index (χ1v) is 7.00. The van der Waals surface area contributed by atoms with E-state index in [9.17, 15) is 22.8 Å². The van der Waals surface area contributed by atoms with E-state index in [0.717, 1.165) is 6.07 Å². The van der Waals surface area contributed by atoms with Gasteiger partial charge in [0, 0.05) is 24.7 Å². The lowest BCUT2D eigenvalue weighted by atomic mass is 10.1. The Kier molecular flexibility index (Phi) is 4.92. The lowest BCUT2D eigenvalue weighted by Gasteiger charge is -2.20. The molecule has 0 fully saturated rings. The number of carbonyl (C=O) groups excluding carboxylic acids is 2. The van der Waals surface area contributed by atoms with Crippen molar-refractivity contribution in [3.05, 3.63) is 70.8 Å². The zero-order valence-corrected chi connectivity index (χ0v) is 12.8. The number of alkyl halides is 3. The molecular weight excluding hydrogens is 321 g/mol. The van der Waals surface area contributed by atoms with Gasteiger partial charge in [-0.1, -0.05) is 18.2 Å². The molecule has 2 aromatic carbocycles. The molecule has 2 N–H and O–H groups in total. The summed E-state index contributed by atoms with van der Waals surface area (Å²) in [4.78, 5) is 24.5. The minimum Gasteiger partial charge on any atom is -0.366 e. The van der Waals surface area contributed by atoms with Gasteiger partial charge in [-0.2, -0.15) is 13.2 Å². The van der Waals surface area contributed by atoms with Crippen molar-refractivity contribution in [1.82, 2.24) is 4.90 Å². The molecule has 4 nitrogen and oxygen atoms in total. The number of hydrogen-bond acceptors (Lipinski definition) is 2. The number of hydrogen-bond donors (Lipinski definition) is 1. The van der Waals surface area contributed by atoms with Crippen LogP contribution in [-0.2, 0) is 12.7 Å². The number of carbonyl (C=O) groups is 2. The van der Waals surface area contributed by atoms with Gasteiger partial charge < -0.3 is 10.6 Å². The molecule has 0 aliphatic carbocycles. The van der Waals surface area contributed by atoms with Gasteiger partial charge in [0.15, 0.2) is 0 Å². The number of rotatable bonds is 4. The average molecular weight is 336 g/mol. The predicted octanol–water partition coefficient (Wildman–Crippen LogP) is 3.08. The van der Waals surface area contributed by atoms with Crippen LogP contribution >= 0.6 is 0 Å². The molecular formula is C17H15F3N2O2. The molecule has 2 amide bonds. The molecule has 0 atom stereocenters. The second-order valence-electron chi connectivity index (χ2n) is 5.26. The molecule has 24 heavy (non-hydrogen) atoms. The van der Waals surface area contributed by atoms with Crippen LogP contribution in [0, 0.1) is 0 Å². The number of benzene rings is 2. The zero-order valence-electron chi connectivity index (χ0n) is 12.8. The van der Waals surface area contributed by atoms with Gasteiger partial charge in [0.1, 0.15) is 0 Å². The van der Waals surface area contributed by atoms with Gasteiger partial charge in [-0.15, -0.1) is 0 Å². The highest BCUT2D eigenvalue weighted by atomic mass is 19.4. The molecule has 0 aliphatic rings. The molecule has 2 rings (SSSR count). The van der Waals surface area contributed by atoms with Gasteiger partial charge >= 0.3 is 6.18 Å². The fraction of sp³-hybridized carbons (Fsp3) is 0.176. The zero-order chi connectivity index (χ0) is 17.9. The third kappa shape index (κ3) is 3.92. The van der Waals surface area contributed by atoms with Crippen LogP contribution in [0.15, 0.2) is 48.5 Å². The molecule has 126 valence electrons. The van der Waals surface area contributed by atoms with E-state index in [2.05, 4.69) is 0 Å². The number of primary amides is 1. The van der Waals surface area contributed by atoms with Crippen LogP contribution in [-0.4, -0.2) is 23.8 Å². The monoisotopic (exact) mass is 336 g/mol. The maximum atomic E-state index is 13.0. The van der Waals surface area contributed by atoms with E-state index in [-0.39, 0.29) is 23.2 Å². The first-order chi connectivity index (χ1) is 11.2. The molecule has 7 heteroatoms. The van der Waals surface area contributed by atoms with Crippen molar-refractivity contribution >= 4 is 11.8 Å². The normalized spacial score (nSPS) is 11.2. The van der Waals surface area contributed by atoms with E-state index < -0.39 is 23.6 Å². The Morgan fingerprint density at radius 2 is 1.54 bits per heavy atom. The summed E-state index contributed by atoms with van der Waals surface area (Å²) in [5, 5.41) is 0. The molecule has 0 saturated carbocycles. The number of nitrogens with two attached hydrogens (primary N) is 1. The Bertz CT molecular complexity index is 755. The van der Waals surface area contributed by atoms with E-state index in [4.69, 9.17) is 5.73 Å². The van der Waals surface area contributed by atoms with Gasteiger partial charge in [-0.05, 0) is 35.9 Å². The van der Waals surface area contributed by atoms with Crippen LogP contribution in [0.3, 0.4) is 0 Å². The van der Waals surface area contributed by atoms with Gasteiger partial charge in [-0.25, -0.2) is 0 Å². The molecule has 0 aliphatic heterocycles. The van der Waals surface area contributed by atoms with Crippen molar-refractivity contribution in [2.75, 3.05) is 7.05 Å². The smallest absolute Gasteiger partial charge is 0.366 e. The van der Waals surface area contributed by atoms with Crippen molar-refractivity contribution in [1.29, 1.82) is 0 Å². The second-order valence-corrected chi connectivity index (χ2v) is 5.26. The largest absolute Gasteiger partial charge is 0.416 e. The molecule has 0 spiro atoms. The summed E-state index contributed by atoms with van der Waals surface area (Å²) in [6.07, 6.45) is -4.48. The summed E-state index contributed by atoms with van der Waals surface area (Å²) < 4.78 is 39.0. The average Bonchev–Trinajstić information content (AvgIpc) is 2.53. The van der Waals surface area contributed by atoms with E-state index in [1.807, 2.05) is 0 Å². The maximum absolute atomic E-state index is 13.0. The van der Waals surface area contributed by atoms with Gasteiger partial charge in [0.25, 0.3) is 5.91 Å². The number of halogens is 3. The van der Waals surface area contributed by atoms with Crippen molar-refractivity contribution in [2.24, 2.45) is 5.73 Å². The van der Waals surface area contributed by atoms with Crippen LogP contribution in [0.5, 0.6) is 0 Å². The van der Waals surface area contributed by atoms with Crippen molar-refractivity contribution in [3.63, 3.8) is 0 Å². The lowest BCUT2D eigenvalue weighted by molar-refractivity contribution is -0.138. The van der Waals surface area contributed by atoms with Crippen LogP contribution < -0.4 is 5.73 Å². The molecule has 0 unspecified atom stereocenters. The summed E-state index contributed by atoms with van der Waals surface area (Å²) in [6.45, 7) is -0.188. The third-order valence-corrected chi connectivity index (χ3v) is 3.49. The fourth-order valence-corrected chi connectivity index (χ4v) is 2.26. The summed E-state index contributed by atoms with van der Waals surface area (Å²) in [6, 6.07) is 10.7. The molecule has 0 radical (unpaired) electrons. The minimum atomic E-state index is -4.48. The first kappa shape index (κ1) is 17.5. The van der Waals surface area contributed by atoms with E-state index in [0.29, 0.717) is 0 Å². The second kappa shape index (κ2) is 6.74. The van der Waals surface area contributed by atoms with Crippen LogP contribution in [0.1, 0.15) is 31.8 Å². The quantitative estimate of drug-likeness (QED) is 0.932. The minimum absolute atomic E-state index is 0.00889. The predicted molar refractivity (Wildman–Crippen MR) is 82.2 cm³/mol. The van der Waals surface area contributed by atoms with Crippen molar-refractivity contribution in [2.45, 2.75) is 12.7 Å². The van der Waals surface area contributed by atoms with Crippen molar-refractivity contribution in [3.8, 4) is 0 Å². The van der Waals surface area contributed by atoms with Crippen LogP contribution in [0.4, 0.5) is 13.2 Å². The number of amides is 2. The topological polar surface area (TPSA) is 63.4 Å².